The van der Waals surface area contributed by atoms with Gasteiger partial charge in [-0.1, -0.05) is 18.3 Å². The van der Waals surface area contributed by atoms with Crippen molar-refractivity contribution < 1.29 is 8.78 Å². The van der Waals surface area contributed by atoms with Crippen molar-refractivity contribution in [3.05, 3.63) is 45.9 Å². The molecule has 0 spiro atoms. The number of H-pyrrole nitrogens is 1. The molecular weight excluding hydrogens is 242 g/mol. The highest BCUT2D eigenvalue weighted by atomic mass is 32.1. The molecule has 1 N–H and O–H groups in total. The van der Waals surface area contributed by atoms with E-state index in [0.29, 0.717) is 21.7 Å². The zero-order valence-corrected chi connectivity index (χ0v) is 10.2. The summed E-state index contributed by atoms with van der Waals surface area (Å²) in [6.45, 7) is 3.27. The zero-order valence-electron chi connectivity index (χ0n) is 9.34. The fourth-order valence-electron chi connectivity index (χ4n) is 1.62. The van der Waals surface area contributed by atoms with Gasteiger partial charge in [0.05, 0.1) is 11.3 Å². The number of hydrogen-bond donors (Lipinski definition) is 1. The van der Waals surface area contributed by atoms with E-state index in [9.17, 15) is 8.78 Å². The Bertz CT molecular complexity index is 635. The Morgan fingerprint density at radius 1 is 1.24 bits per heavy atom. The summed E-state index contributed by atoms with van der Waals surface area (Å²) in [5.74, 6) is -0.682. The Morgan fingerprint density at radius 2 is 1.94 bits per heavy atom. The third-order valence-electron chi connectivity index (χ3n) is 2.41. The molecule has 1 aromatic carbocycles. The summed E-state index contributed by atoms with van der Waals surface area (Å²) < 4.78 is 27.9. The van der Waals surface area contributed by atoms with Crippen molar-refractivity contribution in [1.82, 2.24) is 9.97 Å². The first-order chi connectivity index (χ1) is 7.99. The number of halogens is 2. The van der Waals surface area contributed by atoms with Crippen molar-refractivity contribution in [2.75, 3.05) is 0 Å². The summed E-state index contributed by atoms with van der Waals surface area (Å²) in [4.78, 5) is 6.77. The average Bonchev–Trinajstić information content (AvgIpc) is 2.23. The van der Waals surface area contributed by atoms with Crippen molar-refractivity contribution in [1.29, 1.82) is 0 Å². The number of rotatable bonds is 1. The Kier molecular flexibility index (Phi) is 3.02. The number of aromatic nitrogens is 2. The minimum absolute atomic E-state index is 0.0957. The number of aryl methyl sites for hydroxylation is 2. The lowest BCUT2D eigenvalue weighted by Gasteiger charge is -2.08. The molecule has 17 heavy (non-hydrogen) atoms. The van der Waals surface area contributed by atoms with Gasteiger partial charge >= 0.3 is 0 Å². The second kappa shape index (κ2) is 4.33. The van der Waals surface area contributed by atoms with E-state index < -0.39 is 11.6 Å². The first-order valence-corrected chi connectivity index (χ1v) is 5.43. The fraction of sp³-hybridized carbons (Fsp3) is 0.167. The Labute approximate surface area is 102 Å². The highest BCUT2D eigenvalue weighted by molar-refractivity contribution is 7.71. The standard InChI is InChI=1S/C12H10F2N2S/c1-6-3-4-8(13)11(12(6)14)9-5-10(17)16-7(2)15-9/h3-5H,1-2H3,(H,15,16,17). The van der Waals surface area contributed by atoms with Gasteiger partial charge in [0.2, 0.25) is 0 Å². The predicted octanol–water partition coefficient (Wildman–Crippen LogP) is 3.70. The molecular formula is C12H10F2N2S. The first kappa shape index (κ1) is 11.9. The molecule has 0 fully saturated rings. The van der Waals surface area contributed by atoms with E-state index in [4.69, 9.17) is 12.2 Å². The lowest BCUT2D eigenvalue weighted by Crippen LogP contribution is -1.98. The van der Waals surface area contributed by atoms with Gasteiger partial charge in [-0.3, -0.25) is 0 Å². The lowest BCUT2D eigenvalue weighted by atomic mass is 10.1. The molecule has 0 unspecified atom stereocenters. The highest BCUT2D eigenvalue weighted by Crippen LogP contribution is 2.26. The largest absolute Gasteiger partial charge is 0.343 e. The molecule has 2 rings (SSSR count). The van der Waals surface area contributed by atoms with Crippen LogP contribution >= 0.6 is 12.2 Å². The number of nitrogens with zero attached hydrogens (tertiary/aromatic N) is 1. The van der Waals surface area contributed by atoms with Crippen LogP contribution in [-0.2, 0) is 0 Å². The van der Waals surface area contributed by atoms with Crippen LogP contribution in [0.5, 0.6) is 0 Å². The minimum Gasteiger partial charge on any atom is -0.343 e. The third-order valence-corrected chi connectivity index (χ3v) is 2.62. The van der Waals surface area contributed by atoms with Crippen LogP contribution in [0.15, 0.2) is 18.2 Å². The lowest BCUT2D eigenvalue weighted by molar-refractivity contribution is 0.582. The van der Waals surface area contributed by atoms with Crippen molar-refractivity contribution in [3.8, 4) is 11.3 Å². The molecule has 0 aliphatic heterocycles. The van der Waals surface area contributed by atoms with Gasteiger partial charge in [-0.25, -0.2) is 13.8 Å². The van der Waals surface area contributed by atoms with Crippen LogP contribution in [0, 0.1) is 30.1 Å². The summed E-state index contributed by atoms with van der Waals surface area (Å²) in [6.07, 6.45) is 0. The number of benzene rings is 1. The van der Waals surface area contributed by atoms with Crippen molar-refractivity contribution in [3.63, 3.8) is 0 Å². The van der Waals surface area contributed by atoms with E-state index in [1.807, 2.05) is 0 Å². The Hall–Kier alpha value is -1.62. The van der Waals surface area contributed by atoms with E-state index in [2.05, 4.69) is 9.97 Å². The van der Waals surface area contributed by atoms with Crippen molar-refractivity contribution in [2.24, 2.45) is 0 Å². The first-order valence-electron chi connectivity index (χ1n) is 5.02. The quantitative estimate of drug-likeness (QED) is 0.784. The molecule has 0 aliphatic carbocycles. The number of aromatic amines is 1. The summed E-state index contributed by atoms with van der Waals surface area (Å²) in [7, 11) is 0. The fourth-order valence-corrected chi connectivity index (χ4v) is 1.87. The van der Waals surface area contributed by atoms with Gasteiger partial charge in [-0.05, 0) is 31.5 Å². The molecule has 5 heteroatoms. The van der Waals surface area contributed by atoms with Crippen LogP contribution < -0.4 is 0 Å². The van der Waals surface area contributed by atoms with E-state index in [-0.39, 0.29) is 5.56 Å². The maximum absolute atomic E-state index is 13.9. The third kappa shape index (κ3) is 2.24. The molecule has 0 saturated heterocycles. The molecule has 0 bridgehead atoms. The van der Waals surface area contributed by atoms with Crippen molar-refractivity contribution in [2.45, 2.75) is 13.8 Å². The molecule has 0 aliphatic rings. The van der Waals surface area contributed by atoms with Crippen LogP contribution in [0.1, 0.15) is 11.4 Å². The van der Waals surface area contributed by atoms with Crippen molar-refractivity contribution >= 4 is 12.2 Å². The second-order valence-corrected chi connectivity index (χ2v) is 4.19. The smallest absolute Gasteiger partial charge is 0.138 e. The average molecular weight is 252 g/mol. The van der Waals surface area contributed by atoms with Gasteiger partial charge in [0.25, 0.3) is 0 Å². The van der Waals surface area contributed by atoms with Crippen LogP contribution in [0.2, 0.25) is 0 Å². The van der Waals surface area contributed by atoms with Gasteiger partial charge in [-0.15, -0.1) is 0 Å². The predicted molar refractivity (Wildman–Crippen MR) is 64.2 cm³/mol. The molecule has 2 aromatic rings. The molecule has 0 atom stereocenters. The monoisotopic (exact) mass is 252 g/mol. The van der Waals surface area contributed by atoms with E-state index in [1.54, 1.807) is 13.8 Å². The van der Waals surface area contributed by atoms with Crippen LogP contribution in [0.3, 0.4) is 0 Å². The van der Waals surface area contributed by atoms with Gasteiger partial charge in [0.1, 0.15) is 22.1 Å². The maximum atomic E-state index is 13.9. The number of hydrogen-bond acceptors (Lipinski definition) is 2. The summed E-state index contributed by atoms with van der Waals surface area (Å²) in [6, 6.07) is 4.08. The minimum atomic E-state index is -0.621. The molecule has 2 nitrogen and oxygen atoms in total. The normalized spacial score (nSPS) is 10.6. The Balaban J connectivity index is 2.76. The molecule has 0 radical (unpaired) electrons. The van der Waals surface area contributed by atoms with Gasteiger partial charge in [-0.2, -0.15) is 0 Å². The second-order valence-electron chi connectivity index (χ2n) is 3.77. The van der Waals surface area contributed by atoms with Crippen LogP contribution in [0.4, 0.5) is 8.78 Å². The molecule has 1 heterocycles. The highest BCUT2D eigenvalue weighted by Gasteiger charge is 2.14. The molecule has 88 valence electrons. The summed E-state index contributed by atoms with van der Waals surface area (Å²) >= 11 is 4.93. The zero-order chi connectivity index (χ0) is 12.6. The van der Waals surface area contributed by atoms with Gasteiger partial charge in [0, 0.05) is 0 Å². The Morgan fingerprint density at radius 3 is 2.59 bits per heavy atom. The SMILES string of the molecule is Cc1nc(=S)cc(-c2c(F)ccc(C)c2F)[nH]1. The van der Waals surface area contributed by atoms with E-state index >= 15 is 0 Å². The van der Waals surface area contributed by atoms with Crippen LogP contribution in [0.25, 0.3) is 11.3 Å². The van der Waals surface area contributed by atoms with Gasteiger partial charge in [0.15, 0.2) is 0 Å². The van der Waals surface area contributed by atoms with Crippen LogP contribution in [-0.4, -0.2) is 9.97 Å². The summed E-state index contributed by atoms with van der Waals surface area (Å²) in [5.41, 5.74) is 0.595. The van der Waals surface area contributed by atoms with E-state index in [1.165, 1.54) is 18.2 Å². The summed E-state index contributed by atoms with van der Waals surface area (Å²) in [5, 5.41) is 0. The molecule has 0 saturated carbocycles. The van der Waals surface area contributed by atoms with Gasteiger partial charge < -0.3 is 4.98 Å². The molecule has 1 aromatic heterocycles. The van der Waals surface area contributed by atoms with E-state index in [0.717, 1.165) is 0 Å². The number of nitrogens with one attached hydrogen (secondary N) is 1. The topological polar surface area (TPSA) is 28.7 Å². The molecule has 0 amide bonds. The maximum Gasteiger partial charge on any atom is 0.138 e.